The molecule has 0 saturated heterocycles. The first-order valence-corrected chi connectivity index (χ1v) is 7.37. The van der Waals surface area contributed by atoms with Crippen molar-refractivity contribution in [3.8, 4) is 5.75 Å². The Bertz CT molecular complexity index is 689. The van der Waals surface area contributed by atoms with Crippen LogP contribution in [-0.2, 0) is 4.79 Å². The lowest BCUT2D eigenvalue weighted by Gasteiger charge is -2.15. The molecule has 3 nitrogen and oxygen atoms in total. The smallest absolute Gasteiger partial charge is 0.265 e. The van der Waals surface area contributed by atoms with Crippen molar-refractivity contribution in [2.75, 3.05) is 5.32 Å². The highest BCUT2D eigenvalue weighted by atomic mass is 35.5. The molecule has 1 N–H and O–H groups in total. The van der Waals surface area contributed by atoms with Crippen molar-refractivity contribution in [3.05, 3.63) is 57.3 Å². The summed E-state index contributed by atoms with van der Waals surface area (Å²) in [6.45, 7) is 1.55. The maximum atomic E-state index is 13.1. The zero-order valence-electron chi connectivity index (χ0n) is 11.4. The molecule has 0 aliphatic carbocycles. The third-order valence-corrected chi connectivity index (χ3v) is 3.43. The van der Waals surface area contributed by atoms with E-state index in [9.17, 15) is 9.18 Å². The molecule has 0 aliphatic heterocycles. The fourth-order valence-corrected chi connectivity index (χ4v) is 2.37. The number of ether oxygens (including phenoxy) is 1. The molecule has 0 bridgehead atoms. The van der Waals surface area contributed by atoms with Gasteiger partial charge >= 0.3 is 0 Å². The van der Waals surface area contributed by atoms with Gasteiger partial charge in [-0.05, 0) is 37.3 Å². The first-order valence-electron chi connectivity index (χ1n) is 6.24. The fraction of sp³-hybridized carbons (Fsp3) is 0.133. The minimum Gasteiger partial charge on any atom is -0.481 e. The summed E-state index contributed by atoms with van der Waals surface area (Å²) in [5.41, 5.74) is 0.454. The number of nitrogens with one attached hydrogen (secondary N) is 1. The highest BCUT2D eigenvalue weighted by molar-refractivity contribution is 6.35. The Balaban J connectivity index is 2.04. The number of hydrogen-bond acceptors (Lipinski definition) is 2. The van der Waals surface area contributed by atoms with Crippen LogP contribution in [0.2, 0.25) is 15.1 Å². The number of rotatable bonds is 4. The quantitative estimate of drug-likeness (QED) is 0.812. The summed E-state index contributed by atoms with van der Waals surface area (Å²) < 4.78 is 18.5. The second kappa shape index (κ2) is 7.18. The minimum absolute atomic E-state index is 0.0771. The summed E-state index contributed by atoms with van der Waals surface area (Å²) in [5.74, 6) is -0.670. The van der Waals surface area contributed by atoms with Crippen LogP contribution in [0, 0.1) is 5.82 Å². The van der Waals surface area contributed by atoms with E-state index in [0.717, 1.165) is 0 Å². The normalized spacial score (nSPS) is 11.9. The average Bonchev–Trinajstić information content (AvgIpc) is 2.41. The predicted molar refractivity (Wildman–Crippen MR) is 86.6 cm³/mol. The predicted octanol–water partition coefficient (Wildman–Crippen LogP) is 5.19. The second-order valence-electron chi connectivity index (χ2n) is 4.48. The third-order valence-electron chi connectivity index (χ3n) is 2.70. The zero-order valence-corrected chi connectivity index (χ0v) is 13.6. The van der Waals surface area contributed by atoms with Crippen LogP contribution in [0.4, 0.5) is 10.1 Å². The Morgan fingerprint density at radius 1 is 1.14 bits per heavy atom. The third kappa shape index (κ3) is 4.50. The van der Waals surface area contributed by atoms with Crippen molar-refractivity contribution in [3.63, 3.8) is 0 Å². The van der Waals surface area contributed by atoms with Gasteiger partial charge in [-0.3, -0.25) is 4.79 Å². The number of halogens is 4. The molecule has 1 amide bonds. The maximum absolute atomic E-state index is 13.1. The molecule has 1 atom stereocenters. The molecule has 2 rings (SSSR count). The van der Waals surface area contributed by atoms with Gasteiger partial charge in [0, 0.05) is 21.8 Å². The van der Waals surface area contributed by atoms with Gasteiger partial charge in [-0.2, -0.15) is 0 Å². The summed E-state index contributed by atoms with van der Waals surface area (Å²) in [6.07, 6.45) is -0.820. The van der Waals surface area contributed by atoms with Crippen molar-refractivity contribution >= 4 is 46.4 Å². The molecule has 2 aromatic rings. The van der Waals surface area contributed by atoms with Gasteiger partial charge in [0.1, 0.15) is 11.6 Å². The number of hydrogen-bond donors (Lipinski definition) is 1. The number of carbonyl (C=O) groups excluding carboxylic acids is 1. The maximum Gasteiger partial charge on any atom is 0.265 e. The topological polar surface area (TPSA) is 38.3 Å². The summed E-state index contributed by atoms with van der Waals surface area (Å²) in [4.78, 5) is 12.1. The van der Waals surface area contributed by atoms with Crippen LogP contribution >= 0.6 is 34.8 Å². The van der Waals surface area contributed by atoms with Crippen molar-refractivity contribution in [2.45, 2.75) is 13.0 Å². The summed E-state index contributed by atoms with van der Waals surface area (Å²) in [7, 11) is 0. The van der Waals surface area contributed by atoms with Crippen LogP contribution in [0.3, 0.4) is 0 Å². The van der Waals surface area contributed by atoms with Gasteiger partial charge in [-0.15, -0.1) is 0 Å². The molecule has 2 aromatic carbocycles. The van der Waals surface area contributed by atoms with E-state index in [1.165, 1.54) is 18.2 Å². The Labute approximate surface area is 141 Å². The van der Waals surface area contributed by atoms with Crippen molar-refractivity contribution in [1.82, 2.24) is 0 Å². The molecule has 0 heterocycles. The van der Waals surface area contributed by atoms with E-state index in [2.05, 4.69) is 5.32 Å². The number of benzene rings is 2. The second-order valence-corrected chi connectivity index (χ2v) is 5.76. The first kappa shape index (κ1) is 16.9. The van der Waals surface area contributed by atoms with E-state index in [0.29, 0.717) is 15.7 Å². The zero-order chi connectivity index (χ0) is 16.3. The van der Waals surface area contributed by atoms with Crippen molar-refractivity contribution < 1.29 is 13.9 Å². The molecule has 7 heteroatoms. The Morgan fingerprint density at radius 3 is 2.36 bits per heavy atom. The van der Waals surface area contributed by atoms with Gasteiger partial charge in [0.15, 0.2) is 6.10 Å². The Hall–Kier alpha value is -1.49. The summed E-state index contributed by atoms with van der Waals surface area (Å²) >= 11 is 17.4. The van der Waals surface area contributed by atoms with Crippen LogP contribution < -0.4 is 10.1 Å². The van der Waals surface area contributed by atoms with E-state index in [1.807, 2.05) is 0 Å². The van der Waals surface area contributed by atoms with E-state index < -0.39 is 17.8 Å². The van der Waals surface area contributed by atoms with Crippen LogP contribution in [0.25, 0.3) is 0 Å². The minimum atomic E-state index is -0.820. The van der Waals surface area contributed by atoms with Gasteiger partial charge in [-0.1, -0.05) is 34.8 Å². The van der Waals surface area contributed by atoms with Gasteiger partial charge in [0.05, 0.1) is 5.02 Å². The number of amides is 1. The first-order chi connectivity index (χ1) is 10.3. The average molecular weight is 363 g/mol. The van der Waals surface area contributed by atoms with E-state index >= 15 is 0 Å². The lowest BCUT2D eigenvalue weighted by molar-refractivity contribution is -0.122. The molecule has 0 aliphatic rings. The molecule has 0 fully saturated rings. The van der Waals surface area contributed by atoms with Gasteiger partial charge in [-0.25, -0.2) is 4.39 Å². The molecule has 0 radical (unpaired) electrons. The van der Waals surface area contributed by atoms with Crippen LogP contribution in [0.5, 0.6) is 5.75 Å². The molecule has 0 unspecified atom stereocenters. The lowest BCUT2D eigenvalue weighted by Crippen LogP contribution is -2.30. The standard InChI is InChI=1S/C15H11Cl3FNO2/c1-8(22-12-2-3-14(19)13(18)7-12)15(21)20-11-5-9(16)4-10(17)6-11/h2-8H,1H3,(H,20,21)/t8-/m0/s1. The number of anilines is 1. The molecule has 22 heavy (non-hydrogen) atoms. The van der Waals surface area contributed by atoms with Crippen LogP contribution in [0.1, 0.15) is 6.92 Å². The molecule has 116 valence electrons. The molecule has 0 saturated carbocycles. The molecule has 0 spiro atoms. The monoisotopic (exact) mass is 361 g/mol. The largest absolute Gasteiger partial charge is 0.481 e. The van der Waals surface area contributed by atoms with E-state index in [-0.39, 0.29) is 10.8 Å². The van der Waals surface area contributed by atoms with Crippen molar-refractivity contribution in [2.24, 2.45) is 0 Å². The van der Waals surface area contributed by atoms with Crippen LogP contribution in [0.15, 0.2) is 36.4 Å². The van der Waals surface area contributed by atoms with Gasteiger partial charge < -0.3 is 10.1 Å². The summed E-state index contributed by atoms with van der Waals surface area (Å²) in [6, 6.07) is 8.54. The number of carbonyl (C=O) groups is 1. The molecular weight excluding hydrogens is 352 g/mol. The lowest BCUT2D eigenvalue weighted by atomic mass is 10.3. The Kier molecular flexibility index (Phi) is 5.51. The van der Waals surface area contributed by atoms with E-state index in [1.54, 1.807) is 25.1 Å². The molecular formula is C15H11Cl3FNO2. The SMILES string of the molecule is C[C@H](Oc1ccc(F)c(Cl)c1)C(=O)Nc1cc(Cl)cc(Cl)c1. The highest BCUT2D eigenvalue weighted by Crippen LogP contribution is 2.24. The fourth-order valence-electron chi connectivity index (χ4n) is 1.68. The van der Waals surface area contributed by atoms with Gasteiger partial charge in [0.25, 0.3) is 5.91 Å². The van der Waals surface area contributed by atoms with E-state index in [4.69, 9.17) is 39.5 Å². The molecule has 0 aromatic heterocycles. The van der Waals surface area contributed by atoms with Crippen LogP contribution in [-0.4, -0.2) is 12.0 Å². The summed E-state index contributed by atoms with van der Waals surface area (Å²) in [5, 5.41) is 3.36. The highest BCUT2D eigenvalue weighted by Gasteiger charge is 2.16. The van der Waals surface area contributed by atoms with Crippen molar-refractivity contribution in [1.29, 1.82) is 0 Å². The van der Waals surface area contributed by atoms with Gasteiger partial charge in [0.2, 0.25) is 0 Å². The Morgan fingerprint density at radius 2 is 1.77 bits per heavy atom.